The van der Waals surface area contributed by atoms with E-state index in [1.54, 1.807) is 14.2 Å². The molecule has 0 aliphatic carbocycles. The zero-order valence-electron chi connectivity index (χ0n) is 17.7. The Morgan fingerprint density at radius 3 is 2.53 bits per heavy atom. The molecule has 4 rings (SSSR count). The summed E-state index contributed by atoms with van der Waals surface area (Å²) in [6.07, 6.45) is 3.35. The van der Waals surface area contributed by atoms with Gasteiger partial charge in [0.2, 0.25) is 5.91 Å². The molecule has 0 radical (unpaired) electrons. The van der Waals surface area contributed by atoms with Gasteiger partial charge in [0.25, 0.3) is 0 Å². The maximum atomic E-state index is 12.7. The van der Waals surface area contributed by atoms with E-state index in [2.05, 4.69) is 28.1 Å². The van der Waals surface area contributed by atoms with Crippen molar-refractivity contribution in [3.05, 3.63) is 59.8 Å². The molecule has 1 amide bonds. The van der Waals surface area contributed by atoms with Crippen molar-refractivity contribution < 1.29 is 14.3 Å². The number of carbonyl (C=O) groups excluding carboxylic acids is 1. The van der Waals surface area contributed by atoms with Crippen LogP contribution in [0.4, 0.5) is 0 Å². The number of nitrogens with zero attached hydrogens (tertiary/aromatic N) is 2. The third-order valence-electron chi connectivity index (χ3n) is 5.86. The highest BCUT2D eigenvalue weighted by atomic mass is 16.5. The Hall–Kier alpha value is -2.99. The predicted octanol–water partition coefficient (Wildman–Crippen LogP) is 3.46. The van der Waals surface area contributed by atoms with E-state index < -0.39 is 0 Å². The van der Waals surface area contributed by atoms with Gasteiger partial charge in [-0.05, 0) is 35.7 Å². The van der Waals surface area contributed by atoms with E-state index in [1.165, 1.54) is 16.5 Å². The van der Waals surface area contributed by atoms with Gasteiger partial charge in [0.1, 0.15) is 0 Å². The topological polar surface area (TPSA) is 57.8 Å². The van der Waals surface area contributed by atoms with Crippen LogP contribution in [0.3, 0.4) is 0 Å². The number of hydrogen-bond donors (Lipinski definition) is 1. The molecule has 3 aromatic rings. The molecule has 1 N–H and O–H groups in total. The molecule has 0 spiro atoms. The van der Waals surface area contributed by atoms with E-state index >= 15 is 0 Å². The molecule has 6 heteroatoms. The monoisotopic (exact) mass is 407 g/mol. The van der Waals surface area contributed by atoms with Crippen LogP contribution in [-0.2, 0) is 17.8 Å². The first-order valence-electron chi connectivity index (χ1n) is 10.4. The van der Waals surface area contributed by atoms with Crippen molar-refractivity contribution in [3.8, 4) is 11.5 Å². The van der Waals surface area contributed by atoms with Gasteiger partial charge in [-0.1, -0.05) is 24.3 Å². The average Bonchev–Trinajstić information content (AvgIpc) is 3.21. The highest BCUT2D eigenvalue weighted by molar-refractivity contribution is 5.84. The van der Waals surface area contributed by atoms with E-state index in [-0.39, 0.29) is 5.91 Å². The number of carbonyl (C=O) groups is 1. The summed E-state index contributed by atoms with van der Waals surface area (Å²) in [6, 6.07) is 14.3. The number of methoxy groups -OCH3 is 2. The van der Waals surface area contributed by atoms with Crippen molar-refractivity contribution >= 4 is 16.8 Å². The molecule has 1 aliphatic heterocycles. The molecule has 0 unspecified atom stereocenters. The van der Waals surface area contributed by atoms with E-state index in [1.807, 2.05) is 35.4 Å². The normalized spacial score (nSPS) is 14.8. The Kier molecular flexibility index (Phi) is 6.23. The Balaban J connectivity index is 1.27. The first-order valence-corrected chi connectivity index (χ1v) is 10.4. The Morgan fingerprint density at radius 2 is 1.77 bits per heavy atom. The molecule has 0 atom stereocenters. The average molecular weight is 408 g/mol. The fourth-order valence-corrected chi connectivity index (χ4v) is 4.13. The van der Waals surface area contributed by atoms with E-state index in [0.717, 1.165) is 56.2 Å². The number of para-hydroxylation sites is 1. The largest absolute Gasteiger partial charge is 0.493 e. The molecule has 1 aliphatic rings. The van der Waals surface area contributed by atoms with Crippen LogP contribution in [0.1, 0.15) is 17.5 Å². The molecule has 1 fully saturated rings. The number of hydrogen-bond acceptors (Lipinski definition) is 4. The summed E-state index contributed by atoms with van der Waals surface area (Å²) in [5.41, 5.74) is 3.53. The lowest BCUT2D eigenvalue weighted by Gasteiger charge is -2.35. The van der Waals surface area contributed by atoms with Gasteiger partial charge in [-0.25, -0.2) is 0 Å². The summed E-state index contributed by atoms with van der Waals surface area (Å²) in [5.74, 6) is 1.74. The third kappa shape index (κ3) is 4.44. The number of piperazine rings is 1. The van der Waals surface area contributed by atoms with Crippen LogP contribution in [0.5, 0.6) is 11.5 Å². The highest BCUT2D eigenvalue weighted by Crippen LogP contribution is 2.28. The number of nitrogens with one attached hydrogen (secondary N) is 1. The Labute approximate surface area is 177 Å². The molecule has 1 aromatic heterocycles. The van der Waals surface area contributed by atoms with Crippen LogP contribution in [0.15, 0.2) is 48.7 Å². The number of benzene rings is 2. The van der Waals surface area contributed by atoms with E-state index in [9.17, 15) is 4.79 Å². The smallest absolute Gasteiger partial charge is 0.222 e. The first kappa shape index (κ1) is 20.3. The van der Waals surface area contributed by atoms with Crippen LogP contribution in [0.2, 0.25) is 0 Å². The number of rotatable bonds is 7. The molecular formula is C24H29N3O3. The van der Waals surface area contributed by atoms with Crippen LogP contribution in [0.25, 0.3) is 10.9 Å². The van der Waals surface area contributed by atoms with Crippen molar-refractivity contribution in [2.24, 2.45) is 0 Å². The summed E-state index contributed by atoms with van der Waals surface area (Å²) in [6.45, 7) is 4.16. The molecule has 0 saturated carbocycles. The predicted molar refractivity (Wildman–Crippen MR) is 118 cm³/mol. The Bertz CT molecular complexity index is 1010. The minimum Gasteiger partial charge on any atom is -0.493 e. The SMILES string of the molecule is COc1ccc(CN2CCN(C(=O)CCc3c[nH]c4ccccc34)CC2)cc1OC. The van der Waals surface area contributed by atoms with E-state index in [0.29, 0.717) is 6.42 Å². The summed E-state index contributed by atoms with van der Waals surface area (Å²) in [5, 5.41) is 1.21. The fourth-order valence-electron chi connectivity index (χ4n) is 4.13. The second-order valence-electron chi connectivity index (χ2n) is 7.71. The number of ether oxygens (including phenoxy) is 2. The molecule has 0 bridgehead atoms. The summed E-state index contributed by atoms with van der Waals surface area (Å²) in [4.78, 5) is 20.4. The summed E-state index contributed by atoms with van der Waals surface area (Å²) in [7, 11) is 3.30. The number of aryl methyl sites for hydroxylation is 1. The number of H-pyrrole nitrogens is 1. The molecule has 2 aromatic carbocycles. The fraction of sp³-hybridized carbons (Fsp3) is 0.375. The van der Waals surface area contributed by atoms with Gasteiger partial charge in [0.15, 0.2) is 11.5 Å². The van der Waals surface area contributed by atoms with Crippen molar-refractivity contribution in [2.45, 2.75) is 19.4 Å². The third-order valence-corrected chi connectivity index (χ3v) is 5.86. The highest BCUT2D eigenvalue weighted by Gasteiger charge is 2.21. The second-order valence-corrected chi connectivity index (χ2v) is 7.71. The van der Waals surface area contributed by atoms with Gasteiger partial charge in [-0.3, -0.25) is 9.69 Å². The maximum Gasteiger partial charge on any atom is 0.222 e. The van der Waals surface area contributed by atoms with Gasteiger partial charge >= 0.3 is 0 Å². The van der Waals surface area contributed by atoms with Crippen molar-refractivity contribution in [1.82, 2.24) is 14.8 Å². The number of amides is 1. The van der Waals surface area contributed by atoms with Crippen LogP contribution in [-0.4, -0.2) is 61.1 Å². The Morgan fingerprint density at radius 1 is 1.00 bits per heavy atom. The van der Waals surface area contributed by atoms with Crippen molar-refractivity contribution in [1.29, 1.82) is 0 Å². The minimum atomic E-state index is 0.242. The van der Waals surface area contributed by atoms with Gasteiger partial charge < -0.3 is 19.4 Å². The molecular weight excluding hydrogens is 378 g/mol. The lowest BCUT2D eigenvalue weighted by Crippen LogP contribution is -2.48. The van der Waals surface area contributed by atoms with Crippen LogP contribution >= 0.6 is 0 Å². The van der Waals surface area contributed by atoms with Crippen molar-refractivity contribution in [2.75, 3.05) is 40.4 Å². The molecule has 2 heterocycles. The van der Waals surface area contributed by atoms with Crippen LogP contribution < -0.4 is 9.47 Å². The zero-order valence-corrected chi connectivity index (χ0v) is 17.7. The van der Waals surface area contributed by atoms with Gasteiger partial charge in [-0.15, -0.1) is 0 Å². The van der Waals surface area contributed by atoms with Gasteiger partial charge in [-0.2, -0.15) is 0 Å². The lowest BCUT2D eigenvalue weighted by molar-refractivity contribution is -0.132. The molecule has 158 valence electrons. The lowest BCUT2D eigenvalue weighted by atomic mass is 10.1. The number of fused-ring (bicyclic) bond motifs is 1. The van der Waals surface area contributed by atoms with Crippen molar-refractivity contribution in [3.63, 3.8) is 0 Å². The quantitative estimate of drug-likeness (QED) is 0.652. The van der Waals surface area contributed by atoms with Crippen LogP contribution in [0, 0.1) is 0 Å². The standard InChI is InChI=1S/C24H29N3O3/c1-29-22-9-7-18(15-23(22)30-2)17-26-11-13-27(14-12-26)24(28)10-8-19-16-25-21-6-4-3-5-20(19)21/h3-7,9,15-16,25H,8,10-14,17H2,1-2H3. The van der Waals surface area contributed by atoms with E-state index in [4.69, 9.17) is 9.47 Å². The van der Waals surface area contributed by atoms with Gasteiger partial charge in [0, 0.05) is 56.2 Å². The number of aromatic amines is 1. The summed E-state index contributed by atoms with van der Waals surface area (Å²) < 4.78 is 10.7. The van der Waals surface area contributed by atoms with Gasteiger partial charge in [0.05, 0.1) is 14.2 Å². The molecule has 30 heavy (non-hydrogen) atoms. The second kappa shape index (κ2) is 9.22. The zero-order chi connectivity index (χ0) is 20.9. The molecule has 6 nitrogen and oxygen atoms in total. The first-order chi connectivity index (χ1) is 14.7. The number of aromatic nitrogens is 1. The minimum absolute atomic E-state index is 0.242. The maximum absolute atomic E-state index is 12.7. The summed E-state index contributed by atoms with van der Waals surface area (Å²) >= 11 is 0. The molecule has 1 saturated heterocycles.